The number of ether oxygens (including phenoxy) is 1. The zero-order valence-electron chi connectivity index (χ0n) is 12.4. The number of allylic oxidation sites excluding steroid dienone is 1. The molecule has 1 N–H and O–H groups in total. The van der Waals surface area contributed by atoms with Crippen LogP contribution in [-0.2, 0) is 9.53 Å². The molecule has 0 radical (unpaired) electrons. The van der Waals surface area contributed by atoms with E-state index >= 15 is 0 Å². The van der Waals surface area contributed by atoms with Crippen molar-refractivity contribution in [3.05, 3.63) is 32.6 Å². The van der Waals surface area contributed by atoms with Crippen molar-refractivity contribution in [1.82, 2.24) is 10.2 Å². The molecule has 1 aliphatic carbocycles. The lowest BCUT2D eigenvalue weighted by atomic mass is 10.0. The number of thiophene rings is 1. The standard InChI is InChI=1S/C15H17ClN2O3S/c1-8-12(14(19)21-2)13(10-5-6-11(16)22-10)17-15(20)18(8)7-9-3-4-9/h5-6,9,13H,3-4,7H2,1-2H3,(H,17,20)/t13-/m0/s1. The first-order chi connectivity index (χ1) is 10.5. The van der Waals surface area contributed by atoms with Crippen molar-refractivity contribution in [3.63, 3.8) is 0 Å². The van der Waals surface area contributed by atoms with Crippen LogP contribution in [0.2, 0.25) is 4.34 Å². The maximum Gasteiger partial charge on any atom is 0.338 e. The van der Waals surface area contributed by atoms with E-state index in [1.54, 1.807) is 17.9 Å². The van der Waals surface area contributed by atoms with E-state index in [2.05, 4.69) is 5.32 Å². The first-order valence-electron chi connectivity index (χ1n) is 7.13. The normalized spacial score (nSPS) is 21.9. The quantitative estimate of drug-likeness (QED) is 0.855. The third-order valence-electron chi connectivity index (χ3n) is 4.02. The number of hydrogen-bond donors (Lipinski definition) is 1. The van der Waals surface area contributed by atoms with E-state index in [9.17, 15) is 9.59 Å². The number of methoxy groups -OCH3 is 1. The van der Waals surface area contributed by atoms with Crippen molar-refractivity contribution in [1.29, 1.82) is 0 Å². The predicted octanol–water partition coefficient (Wildman–Crippen LogP) is 3.32. The Morgan fingerprint density at radius 1 is 1.50 bits per heavy atom. The number of carbonyl (C=O) groups is 2. The Labute approximate surface area is 137 Å². The van der Waals surface area contributed by atoms with Gasteiger partial charge in [0.15, 0.2) is 0 Å². The van der Waals surface area contributed by atoms with Gasteiger partial charge < -0.3 is 10.1 Å². The number of hydrogen-bond acceptors (Lipinski definition) is 4. The van der Waals surface area contributed by atoms with Gasteiger partial charge in [-0.25, -0.2) is 9.59 Å². The second-order valence-electron chi connectivity index (χ2n) is 5.57. The van der Waals surface area contributed by atoms with Gasteiger partial charge in [-0.1, -0.05) is 11.6 Å². The summed E-state index contributed by atoms with van der Waals surface area (Å²) in [6, 6.07) is 2.90. The average Bonchev–Trinajstić information content (AvgIpc) is 3.21. The summed E-state index contributed by atoms with van der Waals surface area (Å²) < 4.78 is 5.54. The Morgan fingerprint density at radius 2 is 2.23 bits per heavy atom. The molecule has 1 saturated carbocycles. The molecular formula is C15H17ClN2O3S. The van der Waals surface area contributed by atoms with E-state index in [-0.39, 0.29) is 6.03 Å². The minimum atomic E-state index is -0.507. The van der Waals surface area contributed by atoms with Gasteiger partial charge in [-0.05, 0) is 37.8 Å². The molecule has 5 nitrogen and oxygen atoms in total. The van der Waals surface area contributed by atoms with Crippen LogP contribution in [0.1, 0.15) is 30.7 Å². The highest BCUT2D eigenvalue weighted by Gasteiger charge is 2.38. The fraction of sp³-hybridized carbons (Fsp3) is 0.467. The Morgan fingerprint density at radius 3 is 2.77 bits per heavy atom. The van der Waals surface area contributed by atoms with Crippen LogP contribution in [0.3, 0.4) is 0 Å². The second kappa shape index (κ2) is 5.93. The lowest BCUT2D eigenvalue weighted by Gasteiger charge is -2.34. The first kappa shape index (κ1) is 15.4. The maximum atomic E-state index is 12.4. The first-order valence-corrected chi connectivity index (χ1v) is 8.33. The van der Waals surface area contributed by atoms with Crippen LogP contribution < -0.4 is 5.32 Å². The van der Waals surface area contributed by atoms with Crippen LogP contribution >= 0.6 is 22.9 Å². The minimum absolute atomic E-state index is 0.174. The third kappa shape index (κ3) is 2.85. The summed E-state index contributed by atoms with van der Waals surface area (Å²) in [7, 11) is 1.35. The molecule has 1 atom stereocenters. The maximum absolute atomic E-state index is 12.4. The van der Waals surface area contributed by atoms with Crippen molar-refractivity contribution in [2.75, 3.05) is 13.7 Å². The van der Waals surface area contributed by atoms with E-state index in [1.807, 2.05) is 6.07 Å². The monoisotopic (exact) mass is 340 g/mol. The molecule has 118 valence electrons. The van der Waals surface area contributed by atoms with Crippen molar-refractivity contribution >= 4 is 34.9 Å². The van der Waals surface area contributed by atoms with Crippen molar-refractivity contribution < 1.29 is 14.3 Å². The highest BCUT2D eigenvalue weighted by atomic mass is 35.5. The SMILES string of the molecule is COC(=O)C1=C(C)N(CC2CC2)C(=O)N[C@H]1c1ccc(Cl)s1. The summed E-state index contributed by atoms with van der Waals surface area (Å²) in [4.78, 5) is 27.1. The largest absolute Gasteiger partial charge is 0.466 e. The van der Waals surface area contributed by atoms with Crippen molar-refractivity contribution in [2.45, 2.75) is 25.8 Å². The van der Waals surface area contributed by atoms with Gasteiger partial charge in [0, 0.05) is 17.1 Å². The van der Waals surface area contributed by atoms with Gasteiger partial charge in [0.25, 0.3) is 0 Å². The van der Waals surface area contributed by atoms with E-state index in [0.29, 0.717) is 28.1 Å². The molecule has 3 rings (SSSR count). The molecule has 0 aromatic carbocycles. The van der Waals surface area contributed by atoms with Crippen LogP contribution in [0, 0.1) is 5.92 Å². The van der Waals surface area contributed by atoms with Gasteiger partial charge in [0.2, 0.25) is 0 Å². The minimum Gasteiger partial charge on any atom is -0.466 e. The molecule has 2 heterocycles. The Hall–Kier alpha value is -1.53. The number of urea groups is 1. The summed E-state index contributed by atoms with van der Waals surface area (Å²) in [5.74, 6) is 0.111. The molecule has 0 unspecified atom stereocenters. The van der Waals surface area contributed by atoms with Gasteiger partial charge in [-0.2, -0.15) is 0 Å². The van der Waals surface area contributed by atoms with E-state index in [4.69, 9.17) is 16.3 Å². The van der Waals surface area contributed by atoms with Gasteiger partial charge in [-0.15, -0.1) is 11.3 Å². The zero-order chi connectivity index (χ0) is 15.9. The number of amides is 2. The molecule has 0 spiro atoms. The van der Waals surface area contributed by atoms with Crippen molar-refractivity contribution in [3.8, 4) is 0 Å². The number of halogens is 1. The molecule has 2 aliphatic rings. The fourth-order valence-electron chi connectivity index (χ4n) is 2.63. The molecule has 1 aliphatic heterocycles. The molecule has 0 saturated heterocycles. The molecule has 1 aromatic rings. The summed E-state index contributed by atoms with van der Waals surface area (Å²) in [5, 5.41) is 2.91. The molecule has 2 amide bonds. The Balaban J connectivity index is 2.00. The summed E-state index contributed by atoms with van der Waals surface area (Å²) >= 11 is 7.33. The third-order valence-corrected chi connectivity index (χ3v) is 5.31. The average molecular weight is 341 g/mol. The second-order valence-corrected chi connectivity index (χ2v) is 7.32. The van der Waals surface area contributed by atoms with Crippen molar-refractivity contribution in [2.24, 2.45) is 5.92 Å². The van der Waals surface area contributed by atoms with E-state index in [1.165, 1.54) is 18.4 Å². The van der Waals surface area contributed by atoms with Crippen LogP contribution in [0.25, 0.3) is 0 Å². The number of carbonyl (C=O) groups excluding carboxylic acids is 2. The number of nitrogens with one attached hydrogen (secondary N) is 1. The smallest absolute Gasteiger partial charge is 0.338 e. The Kier molecular flexibility index (Phi) is 4.14. The van der Waals surface area contributed by atoms with Crippen LogP contribution in [-0.4, -0.2) is 30.6 Å². The van der Waals surface area contributed by atoms with E-state index < -0.39 is 12.0 Å². The highest BCUT2D eigenvalue weighted by Crippen LogP contribution is 2.38. The summed E-state index contributed by atoms with van der Waals surface area (Å²) in [5.41, 5.74) is 1.14. The van der Waals surface area contributed by atoms with Gasteiger partial charge >= 0.3 is 12.0 Å². The highest BCUT2D eigenvalue weighted by molar-refractivity contribution is 7.16. The number of nitrogens with zero attached hydrogens (tertiary/aromatic N) is 1. The molecule has 1 aromatic heterocycles. The van der Waals surface area contributed by atoms with Crippen LogP contribution in [0.4, 0.5) is 4.79 Å². The molecule has 22 heavy (non-hydrogen) atoms. The molecule has 0 bridgehead atoms. The molecule has 1 fully saturated rings. The summed E-state index contributed by atoms with van der Waals surface area (Å²) in [6.07, 6.45) is 2.27. The van der Waals surface area contributed by atoms with Gasteiger partial charge in [-0.3, -0.25) is 4.90 Å². The lowest BCUT2D eigenvalue weighted by molar-refractivity contribution is -0.136. The number of rotatable bonds is 4. The molecule has 7 heteroatoms. The van der Waals surface area contributed by atoms with Gasteiger partial charge in [0.05, 0.1) is 23.1 Å². The van der Waals surface area contributed by atoms with Crippen LogP contribution in [0.5, 0.6) is 0 Å². The lowest BCUT2D eigenvalue weighted by Crippen LogP contribution is -2.48. The van der Waals surface area contributed by atoms with Crippen LogP contribution in [0.15, 0.2) is 23.4 Å². The van der Waals surface area contributed by atoms with Gasteiger partial charge in [0.1, 0.15) is 0 Å². The zero-order valence-corrected chi connectivity index (χ0v) is 14.0. The van der Waals surface area contributed by atoms with E-state index in [0.717, 1.165) is 17.7 Å². The molecular weight excluding hydrogens is 324 g/mol. The Bertz CT molecular complexity index is 651. The number of esters is 1. The fourth-order valence-corrected chi connectivity index (χ4v) is 3.75. The predicted molar refractivity (Wildman–Crippen MR) is 84.7 cm³/mol. The topological polar surface area (TPSA) is 58.6 Å². The summed E-state index contributed by atoms with van der Waals surface area (Å²) in [6.45, 7) is 2.45.